The van der Waals surface area contributed by atoms with E-state index in [2.05, 4.69) is 0 Å². The Balaban J connectivity index is 0.000000277. The fourth-order valence-corrected chi connectivity index (χ4v) is 1.55. The summed E-state index contributed by atoms with van der Waals surface area (Å²) in [4.78, 5) is 0. The predicted octanol–water partition coefficient (Wildman–Crippen LogP) is 1.34. The van der Waals surface area contributed by atoms with Gasteiger partial charge in [0.25, 0.3) is 0 Å². The van der Waals surface area contributed by atoms with Gasteiger partial charge in [0.15, 0.2) is 0 Å². The molecule has 0 spiro atoms. The Morgan fingerprint density at radius 1 is 0.870 bits per heavy atom. The molecule has 7 heteroatoms. The van der Waals surface area contributed by atoms with Crippen LogP contribution in [0.5, 0.6) is 17.2 Å². The summed E-state index contributed by atoms with van der Waals surface area (Å²) in [6.07, 6.45) is 0. The molecular weight excluding hydrogens is 300 g/mol. The predicted molar refractivity (Wildman–Crippen MR) is 88.4 cm³/mol. The minimum absolute atomic E-state index is 0.0143. The average Bonchev–Trinajstić information content (AvgIpc) is 2.51. The van der Waals surface area contributed by atoms with Crippen molar-refractivity contribution in [2.24, 2.45) is 0 Å². The molecule has 23 heavy (non-hydrogen) atoms. The molecule has 0 atom stereocenters. The first-order valence-electron chi connectivity index (χ1n) is 6.97. The van der Waals surface area contributed by atoms with Crippen molar-refractivity contribution in [2.45, 2.75) is 0 Å². The van der Waals surface area contributed by atoms with Crippen LogP contribution >= 0.6 is 0 Å². The Bertz CT molecular complexity index is 575. The molecule has 0 saturated carbocycles. The Kier molecular flexibility index (Phi) is 8.12. The SMILES string of the molecule is Nc1ccc(N)c(OCCOCCO)c1.Oc1cccc(O)c1. The minimum Gasteiger partial charge on any atom is -0.508 e. The molecule has 126 valence electrons. The Hall–Kier alpha value is -2.64. The molecule has 0 amide bonds. The summed E-state index contributed by atoms with van der Waals surface area (Å²) in [5, 5.41) is 25.8. The van der Waals surface area contributed by atoms with E-state index in [9.17, 15) is 0 Å². The van der Waals surface area contributed by atoms with Crippen molar-refractivity contribution in [3.63, 3.8) is 0 Å². The van der Waals surface area contributed by atoms with Crippen LogP contribution < -0.4 is 16.2 Å². The van der Waals surface area contributed by atoms with E-state index in [0.717, 1.165) is 0 Å². The van der Waals surface area contributed by atoms with E-state index in [-0.39, 0.29) is 18.1 Å². The van der Waals surface area contributed by atoms with Gasteiger partial charge in [-0.25, -0.2) is 0 Å². The van der Waals surface area contributed by atoms with E-state index < -0.39 is 0 Å². The number of ether oxygens (including phenoxy) is 2. The number of hydrogen-bond acceptors (Lipinski definition) is 7. The van der Waals surface area contributed by atoms with Crippen LogP contribution in [-0.2, 0) is 4.74 Å². The number of rotatable bonds is 6. The van der Waals surface area contributed by atoms with E-state index in [4.69, 9.17) is 36.3 Å². The standard InChI is InChI=1S/C10H16N2O3.C6H6O2/c11-8-1-2-9(12)10(7-8)15-6-5-14-4-3-13;7-5-2-1-3-6(8)4-5/h1-2,7,13H,3-6,11-12H2;1-4,7-8H. The Morgan fingerprint density at radius 2 is 1.57 bits per heavy atom. The summed E-state index contributed by atoms with van der Waals surface area (Å²) >= 11 is 0. The summed E-state index contributed by atoms with van der Waals surface area (Å²) in [6.45, 7) is 1.12. The maximum atomic E-state index is 8.65. The minimum atomic E-state index is 0.0143. The Morgan fingerprint density at radius 3 is 2.13 bits per heavy atom. The molecule has 2 rings (SSSR count). The number of nitrogen functional groups attached to an aromatic ring is 2. The second-order valence-electron chi connectivity index (χ2n) is 4.50. The molecule has 0 fully saturated rings. The van der Waals surface area contributed by atoms with E-state index >= 15 is 0 Å². The average molecular weight is 322 g/mol. The van der Waals surface area contributed by atoms with Crippen LogP contribution in [0, 0.1) is 0 Å². The van der Waals surface area contributed by atoms with Gasteiger partial charge in [-0.05, 0) is 24.3 Å². The van der Waals surface area contributed by atoms with Gasteiger partial charge in [0.1, 0.15) is 23.9 Å². The van der Waals surface area contributed by atoms with Crippen LogP contribution in [-0.4, -0.2) is 41.7 Å². The first kappa shape index (κ1) is 18.4. The third-order valence-corrected chi connectivity index (χ3v) is 2.59. The number of phenols is 2. The molecule has 2 aromatic carbocycles. The highest BCUT2D eigenvalue weighted by molar-refractivity contribution is 5.59. The molecule has 0 unspecified atom stereocenters. The molecule has 0 aliphatic heterocycles. The lowest BCUT2D eigenvalue weighted by molar-refractivity contribution is 0.0707. The Labute approximate surface area is 134 Å². The van der Waals surface area contributed by atoms with Crippen molar-refractivity contribution in [3.8, 4) is 17.2 Å². The fourth-order valence-electron chi connectivity index (χ4n) is 1.55. The van der Waals surface area contributed by atoms with Crippen LogP contribution in [0.25, 0.3) is 0 Å². The highest BCUT2D eigenvalue weighted by Crippen LogP contribution is 2.23. The lowest BCUT2D eigenvalue weighted by Gasteiger charge is -2.09. The van der Waals surface area contributed by atoms with Crippen LogP contribution in [0.2, 0.25) is 0 Å². The molecule has 0 aliphatic carbocycles. The summed E-state index contributed by atoms with van der Waals surface area (Å²) in [5.74, 6) is 0.734. The highest BCUT2D eigenvalue weighted by atomic mass is 16.5. The molecule has 0 saturated heterocycles. The first-order chi connectivity index (χ1) is 11.0. The quantitative estimate of drug-likeness (QED) is 0.400. The molecule has 7 nitrogen and oxygen atoms in total. The summed E-state index contributed by atoms with van der Waals surface area (Å²) in [5.41, 5.74) is 12.4. The molecular formula is C16H22N2O5. The molecule has 2 aromatic rings. The number of phenolic OH excluding ortho intramolecular Hbond substituents is 2. The van der Waals surface area contributed by atoms with Gasteiger partial charge < -0.3 is 36.3 Å². The van der Waals surface area contributed by atoms with E-state index in [1.807, 2.05) is 0 Å². The monoisotopic (exact) mass is 322 g/mol. The van der Waals surface area contributed by atoms with E-state index in [0.29, 0.717) is 36.9 Å². The zero-order chi connectivity index (χ0) is 17.1. The summed E-state index contributed by atoms with van der Waals surface area (Å²) < 4.78 is 10.4. The largest absolute Gasteiger partial charge is 0.508 e. The van der Waals surface area contributed by atoms with Gasteiger partial charge in [0.2, 0.25) is 0 Å². The number of anilines is 2. The van der Waals surface area contributed by atoms with Gasteiger partial charge in [-0.2, -0.15) is 0 Å². The summed E-state index contributed by atoms with van der Waals surface area (Å²) in [6, 6.07) is 10.9. The van der Waals surface area contributed by atoms with Gasteiger partial charge in [-0.1, -0.05) is 6.07 Å². The molecule has 0 heterocycles. The van der Waals surface area contributed by atoms with Crippen molar-refractivity contribution in [1.82, 2.24) is 0 Å². The smallest absolute Gasteiger partial charge is 0.144 e. The maximum absolute atomic E-state index is 8.65. The second kappa shape index (κ2) is 10.1. The van der Waals surface area contributed by atoms with Crippen LogP contribution in [0.3, 0.4) is 0 Å². The zero-order valence-electron chi connectivity index (χ0n) is 12.7. The number of benzene rings is 2. The lowest BCUT2D eigenvalue weighted by Crippen LogP contribution is -2.10. The van der Waals surface area contributed by atoms with Crippen molar-refractivity contribution >= 4 is 11.4 Å². The number of nitrogens with two attached hydrogens (primary N) is 2. The highest BCUT2D eigenvalue weighted by Gasteiger charge is 2.00. The van der Waals surface area contributed by atoms with Gasteiger partial charge in [0.05, 0.1) is 25.5 Å². The fraction of sp³-hybridized carbons (Fsp3) is 0.250. The van der Waals surface area contributed by atoms with Crippen molar-refractivity contribution in [1.29, 1.82) is 0 Å². The molecule has 7 N–H and O–H groups in total. The number of aromatic hydroxyl groups is 2. The van der Waals surface area contributed by atoms with Crippen LogP contribution in [0.15, 0.2) is 42.5 Å². The second-order valence-corrected chi connectivity index (χ2v) is 4.50. The van der Waals surface area contributed by atoms with Crippen molar-refractivity contribution in [3.05, 3.63) is 42.5 Å². The molecule has 0 aromatic heterocycles. The van der Waals surface area contributed by atoms with E-state index in [1.165, 1.54) is 18.2 Å². The topological polar surface area (TPSA) is 131 Å². The van der Waals surface area contributed by atoms with Crippen molar-refractivity contribution in [2.75, 3.05) is 37.9 Å². The number of aliphatic hydroxyl groups excluding tert-OH is 1. The molecule has 0 aliphatic rings. The van der Waals surface area contributed by atoms with Gasteiger partial charge in [0, 0.05) is 17.8 Å². The van der Waals surface area contributed by atoms with Gasteiger partial charge >= 0.3 is 0 Å². The lowest BCUT2D eigenvalue weighted by atomic mass is 10.2. The van der Waals surface area contributed by atoms with Crippen LogP contribution in [0.1, 0.15) is 0 Å². The maximum Gasteiger partial charge on any atom is 0.144 e. The normalized spacial score (nSPS) is 9.78. The molecule has 0 bridgehead atoms. The number of hydrogen-bond donors (Lipinski definition) is 5. The van der Waals surface area contributed by atoms with Gasteiger partial charge in [-0.3, -0.25) is 0 Å². The van der Waals surface area contributed by atoms with Gasteiger partial charge in [-0.15, -0.1) is 0 Å². The number of aliphatic hydroxyl groups is 1. The van der Waals surface area contributed by atoms with Crippen LogP contribution in [0.4, 0.5) is 11.4 Å². The third kappa shape index (κ3) is 7.79. The molecule has 0 radical (unpaired) electrons. The summed E-state index contributed by atoms with van der Waals surface area (Å²) in [7, 11) is 0. The first-order valence-corrected chi connectivity index (χ1v) is 6.97. The van der Waals surface area contributed by atoms with E-state index in [1.54, 1.807) is 24.3 Å². The van der Waals surface area contributed by atoms with Crippen molar-refractivity contribution < 1.29 is 24.8 Å². The third-order valence-electron chi connectivity index (χ3n) is 2.59. The zero-order valence-corrected chi connectivity index (χ0v) is 12.7.